The summed E-state index contributed by atoms with van der Waals surface area (Å²) in [5, 5.41) is 3.50. The zero-order valence-electron chi connectivity index (χ0n) is 7.51. The van der Waals surface area contributed by atoms with E-state index in [4.69, 9.17) is 0 Å². The average molecular weight is 206 g/mol. The molecule has 0 aliphatic rings. The van der Waals surface area contributed by atoms with E-state index in [-0.39, 0.29) is 17.9 Å². The van der Waals surface area contributed by atoms with Gasteiger partial charge >= 0.3 is 6.18 Å². The van der Waals surface area contributed by atoms with Crippen molar-refractivity contribution in [2.75, 3.05) is 0 Å². The summed E-state index contributed by atoms with van der Waals surface area (Å²) in [6.45, 7) is 0.174. The van der Waals surface area contributed by atoms with Crippen LogP contribution in [-0.2, 0) is 17.8 Å². The van der Waals surface area contributed by atoms with Crippen LogP contribution < -0.4 is 0 Å². The monoisotopic (exact) mass is 206 g/mol. The van der Waals surface area contributed by atoms with E-state index >= 15 is 0 Å². The van der Waals surface area contributed by atoms with Gasteiger partial charge in [0.05, 0.1) is 0 Å². The maximum absolute atomic E-state index is 12.0. The Kier molecular flexibility index (Phi) is 2.93. The highest BCUT2D eigenvalue weighted by Crippen LogP contribution is 2.18. The summed E-state index contributed by atoms with van der Waals surface area (Å²) in [6, 6.07) is 1.41. The molecule has 78 valence electrons. The number of carbonyl (C=O) groups is 1. The molecule has 14 heavy (non-hydrogen) atoms. The van der Waals surface area contributed by atoms with Crippen LogP contribution in [0.15, 0.2) is 12.3 Å². The first kappa shape index (κ1) is 10.7. The van der Waals surface area contributed by atoms with Gasteiger partial charge < -0.3 is 0 Å². The van der Waals surface area contributed by atoms with Crippen molar-refractivity contribution in [3.05, 3.63) is 18.0 Å². The summed E-state index contributed by atoms with van der Waals surface area (Å²) in [4.78, 5) is 10.7. The molecule has 0 fully saturated rings. The SMILES string of the molecule is CC(=O)Cc1ccnn1CC(F)(F)F. The van der Waals surface area contributed by atoms with Crippen LogP contribution in [-0.4, -0.2) is 21.7 Å². The zero-order valence-corrected chi connectivity index (χ0v) is 7.51. The second kappa shape index (κ2) is 3.81. The quantitative estimate of drug-likeness (QED) is 0.752. The Balaban J connectivity index is 2.77. The third-order valence-electron chi connectivity index (χ3n) is 1.56. The third-order valence-corrected chi connectivity index (χ3v) is 1.56. The van der Waals surface area contributed by atoms with E-state index < -0.39 is 12.7 Å². The number of halogens is 3. The molecule has 0 unspecified atom stereocenters. The molecule has 0 aromatic carbocycles. The Morgan fingerprint density at radius 2 is 2.21 bits per heavy atom. The van der Waals surface area contributed by atoms with Crippen LogP contribution in [0.1, 0.15) is 12.6 Å². The molecular formula is C8H9F3N2O. The van der Waals surface area contributed by atoms with Gasteiger partial charge in [-0.2, -0.15) is 18.3 Å². The van der Waals surface area contributed by atoms with E-state index in [1.165, 1.54) is 19.2 Å². The minimum Gasteiger partial charge on any atom is -0.300 e. The van der Waals surface area contributed by atoms with Crippen molar-refractivity contribution in [1.82, 2.24) is 9.78 Å². The minimum absolute atomic E-state index is 0.0178. The predicted molar refractivity (Wildman–Crippen MR) is 42.7 cm³/mol. The summed E-state index contributed by atoms with van der Waals surface area (Å²) in [5.41, 5.74) is 0.287. The van der Waals surface area contributed by atoms with Gasteiger partial charge in [0.15, 0.2) is 0 Å². The first-order chi connectivity index (χ1) is 6.38. The van der Waals surface area contributed by atoms with Crippen LogP contribution in [0.25, 0.3) is 0 Å². The van der Waals surface area contributed by atoms with Gasteiger partial charge in [-0.3, -0.25) is 9.48 Å². The number of aromatic nitrogens is 2. The van der Waals surface area contributed by atoms with Crippen molar-refractivity contribution in [2.45, 2.75) is 26.1 Å². The Morgan fingerprint density at radius 3 is 2.71 bits per heavy atom. The maximum atomic E-state index is 12.0. The van der Waals surface area contributed by atoms with E-state index in [1.807, 2.05) is 0 Å². The average Bonchev–Trinajstić information content (AvgIpc) is 2.32. The van der Waals surface area contributed by atoms with Gasteiger partial charge in [0.1, 0.15) is 12.3 Å². The van der Waals surface area contributed by atoms with Crippen molar-refractivity contribution in [3.8, 4) is 0 Å². The number of nitrogens with zero attached hydrogens (tertiary/aromatic N) is 2. The lowest BCUT2D eigenvalue weighted by molar-refractivity contribution is -0.143. The Morgan fingerprint density at radius 1 is 1.57 bits per heavy atom. The smallest absolute Gasteiger partial charge is 0.300 e. The molecule has 1 heterocycles. The molecule has 3 nitrogen and oxygen atoms in total. The Bertz CT molecular complexity index is 330. The first-order valence-electron chi connectivity index (χ1n) is 3.95. The Hall–Kier alpha value is -1.33. The largest absolute Gasteiger partial charge is 0.408 e. The fourth-order valence-electron chi connectivity index (χ4n) is 1.08. The molecule has 0 saturated carbocycles. The van der Waals surface area contributed by atoms with Crippen LogP contribution in [0.4, 0.5) is 13.2 Å². The molecule has 0 radical (unpaired) electrons. The number of rotatable bonds is 3. The summed E-state index contributed by atoms with van der Waals surface area (Å²) in [5.74, 6) is -0.186. The van der Waals surface area contributed by atoms with E-state index in [1.54, 1.807) is 0 Å². The highest BCUT2D eigenvalue weighted by Gasteiger charge is 2.29. The van der Waals surface area contributed by atoms with Crippen molar-refractivity contribution >= 4 is 5.78 Å². The summed E-state index contributed by atoms with van der Waals surface area (Å²) >= 11 is 0. The van der Waals surface area contributed by atoms with Gasteiger partial charge in [-0.25, -0.2) is 0 Å². The van der Waals surface area contributed by atoms with Crippen molar-refractivity contribution < 1.29 is 18.0 Å². The molecule has 0 bridgehead atoms. The summed E-state index contributed by atoms with van der Waals surface area (Å²) in [7, 11) is 0. The molecule has 0 spiro atoms. The summed E-state index contributed by atoms with van der Waals surface area (Å²) in [6.07, 6.45) is -3.07. The van der Waals surface area contributed by atoms with Crippen molar-refractivity contribution in [2.24, 2.45) is 0 Å². The van der Waals surface area contributed by atoms with Gasteiger partial charge in [-0.1, -0.05) is 0 Å². The third kappa shape index (κ3) is 3.20. The molecule has 1 rings (SSSR count). The van der Waals surface area contributed by atoms with Gasteiger partial charge in [-0.15, -0.1) is 0 Å². The second-order valence-electron chi connectivity index (χ2n) is 2.97. The normalized spacial score (nSPS) is 11.7. The minimum atomic E-state index is -4.31. The number of hydrogen-bond donors (Lipinski definition) is 0. The fourth-order valence-corrected chi connectivity index (χ4v) is 1.08. The van der Waals surface area contributed by atoms with Gasteiger partial charge in [0.2, 0.25) is 0 Å². The molecule has 0 atom stereocenters. The van der Waals surface area contributed by atoms with Crippen molar-refractivity contribution in [3.63, 3.8) is 0 Å². The molecule has 0 N–H and O–H groups in total. The number of Topliss-reactive ketones (excluding diaryl/α,β-unsaturated/α-hetero) is 1. The highest BCUT2D eigenvalue weighted by molar-refractivity contribution is 5.77. The standard InChI is InChI=1S/C8H9F3N2O/c1-6(14)4-7-2-3-12-13(7)5-8(9,10)11/h2-3H,4-5H2,1H3. The lowest BCUT2D eigenvalue weighted by Crippen LogP contribution is -2.21. The topological polar surface area (TPSA) is 34.9 Å². The fraction of sp³-hybridized carbons (Fsp3) is 0.500. The molecule has 0 amide bonds. The second-order valence-corrected chi connectivity index (χ2v) is 2.97. The molecule has 1 aromatic heterocycles. The van der Waals surface area contributed by atoms with Gasteiger partial charge in [0, 0.05) is 18.3 Å². The van der Waals surface area contributed by atoms with Crippen LogP contribution in [0.2, 0.25) is 0 Å². The zero-order chi connectivity index (χ0) is 10.8. The van der Waals surface area contributed by atoms with Crippen LogP contribution in [0, 0.1) is 0 Å². The lowest BCUT2D eigenvalue weighted by atomic mass is 10.2. The summed E-state index contributed by atoms with van der Waals surface area (Å²) < 4.78 is 36.8. The molecule has 6 heteroatoms. The number of alkyl halides is 3. The maximum Gasteiger partial charge on any atom is 0.408 e. The molecular weight excluding hydrogens is 197 g/mol. The van der Waals surface area contributed by atoms with Crippen LogP contribution in [0.5, 0.6) is 0 Å². The van der Waals surface area contributed by atoms with Crippen molar-refractivity contribution in [1.29, 1.82) is 0 Å². The van der Waals surface area contributed by atoms with Gasteiger partial charge in [0.25, 0.3) is 0 Å². The van der Waals surface area contributed by atoms with E-state index in [2.05, 4.69) is 5.10 Å². The first-order valence-corrected chi connectivity index (χ1v) is 3.95. The van der Waals surface area contributed by atoms with E-state index in [9.17, 15) is 18.0 Å². The Labute approximate surface area is 78.5 Å². The number of hydrogen-bond acceptors (Lipinski definition) is 2. The van der Waals surface area contributed by atoms with Crippen LogP contribution in [0.3, 0.4) is 0 Å². The molecule has 0 aliphatic carbocycles. The van der Waals surface area contributed by atoms with Gasteiger partial charge in [-0.05, 0) is 13.0 Å². The predicted octanol–water partition coefficient (Wildman–Crippen LogP) is 1.58. The highest BCUT2D eigenvalue weighted by atomic mass is 19.4. The number of carbonyl (C=O) groups excluding carboxylic acids is 1. The molecule has 0 aliphatic heterocycles. The van der Waals surface area contributed by atoms with E-state index in [0.29, 0.717) is 0 Å². The number of ketones is 1. The van der Waals surface area contributed by atoms with E-state index in [0.717, 1.165) is 4.68 Å². The lowest BCUT2D eigenvalue weighted by Gasteiger charge is -2.08. The molecule has 1 aromatic rings. The molecule has 0 saturated heterocycles. The van der Waals surface area contributed by atoms with Crippen LogP contribution >= 0.6 is 0 Å².